The van der Waals surface area contributed by atoms with Crippen molar-refractivity contribution in [3.63, 3.8) is 0 Å². The predicted molar refractivity (Wildman–Crippen MR) is 70.9 cm³/mol. The Morgan fingerprint density at radius 1 is 1.56 bits per heavy atom. The molecule has 2 N–H and O–H groups in total. The molecule has 0 bridgehead atoms. The third-order valence-electron chi connectivity index (χ3n) is 2.68. The van der Waals surface area contributed by atoms with E-state index >= 15 is 0 Å². The van der Waals surface area contributed by atoms with E-state index in [9.17, 15) is 9.90 Å². The van der Waals surface area contributed by atoms with Crippen molar-refractivity contribution in [2.45, 2.75) is 13.5 Å². The van der Waals surface area contributed by atoms with Crippen LogP contribution in [0.25, 0.3) is 0 Å². The molecule has 1 aromatic rings. The van der Waals surface area contributed by atoms with Gasteiger partial charge in [0.05, 0.1) is 18.7 Å². The molecule has 18 heavy (non-hydrogen) atoms. The fourth-order valence-corrected chi connectivity index (χ4v) is 1.98. The van der Waals surface area contributed by atoms with Crippen LogP contribution in [0.5, 0.6) is 0 Å². The van der Waals surface area contributed by atoms with Crippen LogP contribution in [-0.2, 0) is 11.3 Å². The van der Waals surface area contributed by atoms with E-state index in [1.54, 1.807) is 13.0 Å². The minimum Gasteiger partial charge on any atom is -0.510 e. The number of nitrogens with zero attached hydrogens (tertiary/aromatic N) is 1. The van der Waals surface area contributed by atoms with E-state index in [2.05, 4.69) is 10.3 Å². The van der Waals surface area contributed by atoms with Gasteiger partial charge in [0.2, 0.25) is 0 Å². The molecule has 0 fully saturated rings. The minimum atomic E-state index is -0.278. The Morgan fingerprint density at radius 3 is 2.94 bits per heavy atom. The van der Waals surface area contributed by atoms with Crippen LogP contribution in [0.1, 0.15) is 12.5 Å². The third-order valence-corrected chi connectivity index (χ3v) is 2.92. The summed E-state index contributed by atoms with van der Waals surface area (Å²) >= 11 is 5.87. The van der Waals surface area contributed by atoms with E-state index in [-0.39, 0.29) is 23.8 Å². The summed E-state index contributed by atoms with van der Waals surface area (Å²) < 4.78 is 0. The molecule has 1 heterocycles. The van der Waals surface area contributed by atoms with Gasteiger partial charge < -0.3 is 10.4 Å². The monoisotopic (exact) mass is 264 g/mol. The predicted octanol–water partition coefficient (Wildman–Crippen LogP) is 2.24. The van der Waals surface area contributed by atoms with Gasteiger partial charge in [0.15, 0.2) is 0 Å². The summed E-state index contributed by atoms with van der Waals surface area (Å²) in [5.41, 5.74) is 1.76. The Kier molecular flexibility index (Phi) is 3.67. The number of aliphatic imine (C=N–C) groups is 1. The lowest BCUT2D eigenvalue weighted by Gasteiger charge is -2.02. The number of nitrogens with one attached hydrogen (secondary N) is 1. The van der Waals surface area contributed by atoms with Crippen LogP contribution in [-0.4, -0.2) is 23.3 Å². The summed E-state index contributed by atoms with van der Waals surface area (Å²) in [4.78, 5) is 15.8. The molecule has 0 spiro atoms. The van der Waals surface area contributed by atoms with Crippen molar-refractivity contribution in [1.29, 1.82) is 0 Å². The molecular formula is C13H13ClN2O2. The SMILES string of the molecule is CC(=NCc1cccc(Cl)c1)C1=C(O)CNC1=O. The lowest BCUT2D eigenvalue weighted by Crippen LogP contribution is -2.20. The number of carbonyl (C=O) groups excluding carboxylic acids is 1. The second kappa shape index (κ2) is 5.23. The number of hydrogen-bond acceptors (Lipinski definition) is 3. The van der Waals surface area contributed by atoms with E-state index in [0.29, 0.717) is 17.3 Å². The van der Waals surface area contributed by atoms with E-state index in [0.717, 1.165) is 5.56 Å². The molecule has 94 valence electrons. The molecule has 4 nitrogen and oxygen atoms in total. The van der Waals surface area contributed by atoms with Crippen LogP contribution in [0, 0.1) is 0 Å². The standard InChI is InChI=1S/C13H13ClN2O2/c1-8(12-11(17)7-16-13(12)18)15-6-9-3-2-4-10(14)5-9/h2-5,17H,6-7H2,1H3,(H,16,18). The number of rotatable bonds is 3. The fourth-order valence-electron chi connectivity index (χ4n) is 1.77. The zero-order valence-corrected chi connectivity index (χ0v) is 10.7. The molecule has 1 aliphatic heterocycles. The van der Waals surface area contributed by atoms with Crippen LogP contribution < -0.4 is 5.32 Å². The topological polar surface area (TPSA) is 61.7 Å². The quantitative estimate of drug-likeness (QED) is 0.823. The second-order valence-corrected chi connectivity index (χ2v) is 4.47. The van der Waals surface area contributed by atoms with Gasteiger partial charge in [-0.3, -0.25) is 9.79 Å². The number of aliphatic hydroxyl groups is 1. The third kappa shape index (κ3) is 2.71. The molecule has 0 saturated carbocycles. The van der Waals surface area contributed by atoms with Gasteiger partial charge in [0.25, 0.3) is 5.91 Å². The molecule has 0 radical (unpaired) electrons. The molecule has 0 unspecified atom stereocenters. The molecule has 0 aliphatic carbocycles. The largest absolute Gasteiger partial charge is 0.510 e. The first-order valence-corrected chi connectivity index (χ1v) is 5.92. The first-order valence-electron chi connectivity index (χ1n) is 5.54. The highest BCUT2D eigenvalue weighted by Gasteiger charge is 2.24. The highest BCUT2D eigenvalue weighted by molar-refractivity contribution is 6.30. The summed E-state index contributed by atoms with van der Waals surface area (Å²) in [5, 5.41) is 12.8. The molecule has 2 rings (SSSR count). The molecule has 0 saturated heterocycles. The van der Waals surface area contributed by atoms with Crippen LogP contribution >= 0.6 is 11.6 Å². The van der Waals surface area contributed by atoms with Crippen LogP contribution in [0.15, 0.2) is 40.6 Å². The first-order chi connectivity index (χ1) is 8.58. The Morgan fingerprint density at radius 2 is 2.33 bits per heavy atom. The number of hydrogen-bond donors (Lipinski definition) is 2. The van der Waals surface area contributed by atoms with Crippen molar-refractivity contribution >= 4 is 23.2 Å². The number of benzene rings is 1. The average Bonchev–Trinajstić information content (AvgIpc) is 2.66. The number of halogens is 1. The number of carbonyl (C=O) groups is 1. The van der Waals surface area contributed by atoms with Gasteiger partial charge in [-0.1, -0.05) is 23.7 Å². The maximum atomic E-state index is 11.5. The summed E-state index contributed by atoms with van der Waals surface area (Å²) in [6.45, 7) is 2.32. The van der Waals surface area contributed by atoms with Gasteiger partial charge in [0, 0.05) is 10.7 Å². The van der Waals surface area contributed by atoms with Crippen LogP contribution in [0.2, 0.25) is 5.02 Å². The lowest BCUT2D eigenvalue weighted by atomic mass is 10.1. The van der Waals surface area contributed by atoms with E-state index in [1.165, 1.54) is 0 Å². The van der Waals surface area contributed by atoms with Crippen LogP contribution in [0.4, 0.5) is 0 Å². The second-order valence-electron chi connectivity index (χ2n) is 4.04. The Balaban J connectivity index is 2.15. The smallest absolute Gasteiger partial charge is 0.256 e. The van der Waals surface area contributed by atoms with Crippen molar-refractivity contribution in [2.75, 3.05) is 6.54 Å². The van der Waals surface area contributed by atoms with E-state index < -0.39 is 0 Å². The highest BCUT2D eigenvalue weighted by Crippen LogP contribution is 2.14. The van der Waals surface area contributed by atoms with Gasteiger partial charge >= 0.3 is 0 Å². The summed E-state index contributed by atoms with van der Waals surface area (Å²) in [7, 11) is 0. The first kappa shape index (κ1) is 12.6. The summed E-state index contributed by atoms with van der Waals surface area (Å²) in [6.07, 6.45) is 0. The van der Waals surface area contributed by atoms with Gasteiger partial charge in [-0.15, -0.1) is 0 Å². The Bertz CT molecular complexity index is 550. The minimum absolute atomic E-state index is 0.0485. The molecule has 1 aromatic carbocycles. The molecule has 1 amide bonds. The fraction of sp³-hybridized carbons (Fsp3) is 0.231. The summed E-state index contributed by atoms with van der Waals surface area (Å²) in [6, 6.07) is 7.37. The van der Waals surface area contributed by atoms with Gasteiger partial charge in [-0.25, -0.2) is 0 Å². The summed E-state index contributed by atoms with van der Waals surface area (Å²) in [5.74, 6) is -0.229. The van der Waals surface area contributed by atoms with Gasteiger partial charge in [-0.2, -0.15) is 0 Å². The molecule has 0 atom stereocenters. The van der Waals surface area contributed by atoms with Crippen molar-refractivity contribution in [1.82, 2.24) is 5.32 Å². The van der Waals surface area contributed by atoms with Crippen molar-refractivity contribution < 1.29 is 9.90 Å². The zero-order valence-electron chi connectivity index (χ0n) is 9.90. The van der Waals surface area contributed by atoms with Crippen molar-refractivity contribution in [3.8, 4) is 0 Å². The van der Waals surface area contributed by atoms with Gasteiger partial charge in [-0.05, 0) is 24.6 Å². The maximum Gasteiger partial charge on any atom is 0.256 e. The molecule has 1 aliphatic rings. The van der Waals surface area contributed by atoms with Crippen molar-refractivity contribution in [3.05, 3.63) is 46.2 Å². The van der Waals surface area contributed by atoms with Crippen molar-refractivity contribution in [2.24, 2.45) is 4.99 Å². The molecule has 0 aromatic heterocycles. The number of amides is 1. The maximum absolute atomic E-state index is 11.5. The van der Waals surface area contributed by atoms with Crippen LogP contribution in [0.3, 0.4) is 0 Å². The normalized spacial score (nSPS) is 16.1. The average molecular weight is 265 g/mol. The highest BCUT2D eigenvalue weighted by atomic mass is 35.5. The van der Waals surface area contributed by atoms with E-state index in [1.807, 2.05) is 18.2 Å². The van der Waals surface area contributed by atoms with E-state index in [4.69, 9.17) is 11.6 Å². The zero-order chi connectivity index (χ0) is 13.1. The number of aliphatic hydroxyl groups excluding tert-OH is 1. The Labute approximate surface area is 110 Å². The van der Waals surface area contributed by atoms with Gasteiger partial charge in [0.1, 0.15) is 5.76 Å². The Hall–Kier alpha value is -1.81. The molecular weight excluding hydrogens is 252 g/mol. The lowest BCUT2D eigenvalue weighted by molar-refractivity contribution is -0.116. The molecule has 5 heteroatoms.